The molecule has 0 fully saturated rings. The molecular weight excluding hydrogens is 354 g/mol. The van der Waals surface area contributed by atoms with E-state index in [1.54, 1.807) is 18.1 Å². The van der Waals surface area contributed by atoms with Crippen molar-refractivity contribution in [3.05, 3.63) is 77.9 Å². The average molecular weight is 377 g/mol. The first-order chi connectivity index (χ1) is 13.7. The Morgan fingerprint density at radius 1 is 1.07 bits per heavy atom. The summed E-state index contributed by atoms with van der Waals surface area (Å²) in [5.74, 6) is -0.0869. The van der Waals surface area contributed by atoms with Crippen LogP contribution in [0.25, 0.3) is 11.6 Å². The van der Waals surface area contributed by atoms with Crippen molar-refractivity contribution in [1.29, 1.82) is 0 Å². The molecule has 2 aromatic carbocycles. The van der Waals surface area contributed by atoms with Crippen LogP contribution in [-0.2, 0) is 14.3 Å². The standard InChI is InChI=1S/C23H23NO4/c1-27-21-10-6-5-9-20(21)11-12-23(26)28-17-22(25)24-15-13-19(14-16-24)18-7-3-2-4-8-18/h2-13H,14-17H2,1H3/b12-11+. The van der Waals surface area contributed by atoms with Crippen LogP contribution in [0.5, 0.6) is 5.75 Å². The highest BCUT2D eigenvalue weighted by atomic mass is 16.5. The Hall–Kier alpha value is -3.34. The highest BCUT2D eigenvalue weighted by Crippen LogP contribution is 2.22. The second kappa shape index (κ2) is 9.55. The van der Waals surface area contributed by atoms with Crippen LogP contribution in [0.2, 0.25) is 0 Å². The van der Waals surface area contributed by atoms with Crippen molar-refractivity contribution in [3.8, 4) is 5.75 Å². The van der Waals surface area contributed by atoms with Crippen molar-refractivity contribution in [2.24, 2.45) is 0 Å². The molecule has 0 unspecified atom stereocenters. The molecule has 0 aliphatic carbocycles. The van der Waals surface area contributed by atoms with Gasteiger partial charge in [0, 0.05) is 24.7 Å². The summed E-state index contributed by atoms with van der Waals surface area (Å²) in [6.07, 6.45) is 5.76. The van der Waals surface area contributed by atoms with Crippen LogP contribution < -0.4 is 4.74 Å². The van der Waals surface area contributed by atoms with Gasteiger partial charge in [-0.3, -0.25) is 4.79 Å². The number of carbonyl (C=O) groups is 2. The van der Waals surface area contributed by atoms with Crippen LogP contribution in [0.15, 0.2) is 66.7 Å². The van der Waals surface area contributed by atoms with Crippen molar-refractivity contribution in [1.82, 2.24) is 4.90 Å². The van der Waals surface area contributed by atoms with Gasteiger partial charge in [0.1, 0.15) is 5.75 Å². The fraction of sp³-hybridized carbons (Fsp3) is 0.217. The summed E-state index contributed by atoms with van der Waals surface area (Å²) >= 11 is 0. The molecule has 28 heavy (non-hydrogen) atoms. The smallest absolute Gasteiger partial charge is 0.331 e. The summed E-state index contributed by atoms with van der Waals surface area (Å²) in [5, 5.41) is 0. The summed E-state index contributed by atoms with van der Waals surface area (Å²) in [4.78, 5) is 25.9. The maximum Gasteiger partial charge on any atom is 0.331 e. The molecule has 144 valence electrons. The molecule has 0 radical (unpaired) electrons. The summed E-state index contributed by atoms with van der Waals surface area (Å²) in [5.41, 5.74) is 3.19. The molecule has 0 N–H and O–H groups in total. The van der Waals surface area contributed by atoms with Crippen molar-refractivity contribution in [2.45, 2.75) is 6.42 Å². The number of amides is 1. The van der Waals surface area contributed by atoms with Crippen LogP contribution in [-0.4, -0.2) is 43.6 Å². The number of hydrogen-bond acceptors (Lipinski definition) is 4. The fourth-order valence-electron chi connectivity index (χ4n) is 3.04. The number of benzene rings is 2. The first-order valence-corrected chi connectivity index (χ1v) is 9.17. The van der Waals surface area contributed by atoms with Gasteiger partial charge in [-0.15, -0.1) is 0 Å². The number of para-hydroxylation sites is 1. The minimum absolute atomic E-state index is 0.192. The SMILES string of the molecule is COc1ccccc1/C=C/C(=O)OCC(=O)N1CC=C(c2ccccc2)CC1. The minimum Gasteiger partial charge on any atom is -0.496 e. The van der Waals surface area contributed by atoms with Gasteiger partial charge < -0.3 is 14.4 Å². The Morgan fingerprint density at radius 2 is 1.82 bits per heavy atom. The van der Waals surface area contributed by atoms with E-state index in [2.05, 4.69) is 18.2 Å². The molecule has 0 spiro atoms. The summed E-state index contributed by atoms with van der Waals surface area (Å²) in [7, 11) is 1.57. The van der Waals surface area contributed by atoms with Gasteiger partial charge in [0.05, 0.1) is 7.11 Å². The van der Waals surface area contributed by atoms with Crippen molar-refractivity contribution >= 4 is 23.5 Å². The molecule has 0 bridgehead atoms. The van der Waals surface area contributed by atoms with Gasteiger partial charge in [0.15, 0.2) is 6.61 Å². The van der Waals surface area contributed by atoms with E-state index in [1.165, 1.54) is 17.2 Å². The summed E-state index contributed by atoms with van der Waals surface area (Å²) in [6, 6.07) is 17.5. The Balaban J connectivity index is 1.48. The molecule has 0 atom stereocenters. The molecule has 1 aliphatic heterocycles. The lowest BCUT2D eigenvalue weighted by Gasteiger charge is -2.26. The molecule has 5 heteroatoms. The lowest BCUT2D eigenvalue weighted by molar-refractivity contribution is -0.147. The zero-order valence-corrected chi connectivity index (χ0v) is 15.8. The van der Waals surface area contributed by atoms with E-state index in [9.17, 15) is 9.59 Å². The predicted octanol–water partition coefficient (Wildman–Crippen LogP) is 3.57. The van der Waals surface area contributed by atoms with Crippen LogP contribution >= 0.6 is 0 Å². The third kappa shape index (κ3) is 5.10. The van der Waals surface area contributed by atoms with E-state index in [1.807, 2.05) is 42.5 Å². The van der Waals surface area contributed by atoms with Gasteiger partial charge in [-0.25, -0.2) is 4.79 Å². The van der Waals surface area contributed by atoms with Crippen molar-refractivity contribution < 1.29 is 19.1 Å². The quantitative estimate of drug-likeness (QED) is 0.570. The third-order valence-corrected chi connectivity index (χ3v) is 4.58. The van der Waals surface area contributed by atoms with Crippen LogP contribution in [0, 0.1) is 0 Å². The highest BCUT2D eigenvalue weighted by Gasteiger charge is 2.18. The van der Waals surface area contributed by atoms with Gasteiger partial charge in [0.2, 0.25) is 0 Å². The third-order valence-electron chi connectivity index (χ3n) is 4.58. The zero-order chi connectivity index (χ0) is 19.8. The van der Waals surface area contributed by atoms with Gasteiger partial charge in [-0.1, -0.05) is 54.6 Å². The molecule has 3 rings (SSSR count). The summed E-state index contributed by atoms with van der Waals surface area (Å²) < 4.78 is 10.3. The number of esters is 1. The number of carbonyl (C=O) groups excluding carboxylic acids is 2. The Morgan fingerprint density at radius 3 is 2.54 bits per heavy atom. The highest BCUT2D eigenvalue weighted by molar-refractivity contribution is 5.89. The van der Waals surface area contributed by atoms with Crippen LogP contribution in [0.1, 0.15) is 17.5 Å². The Kier molecular flexibility index (Phi) is 6.63. The maximum atomic E-state index is 12.3. The van der Waals surface area contributed by atoms with E-state index < -0.39 is 5.97 Å². The number of ether oxygens (including phenoxy) is 2. The predicted molar refractivity (Wildman–Crippen MR) is 109 cm³/mol. The normalized spacial score (nSPS) is 13.9. The first kappa shape index (κ1) is 19.4. The fourth-order valence-corrected chi connectivity index (χ4v) is 3.04. The van der Waals surface area contributed by atoms with Gasteiger partial charge in [-0.2, -0.15) is 0 Å². The van der Waals surface area contributed by atoms with E-state index in [-0.39, 0.29) is 12.5 Å². The van der Waals surface area contributed by atoms with Crippen molar-refractivity contribution in [2.75, 3.05) is 26.8 Å². The van der Waals surface area contributed by atoms with Crippen LogP contribution in [0.4, 0.5) is 0 Å². The van der Waals surface area contributed by atoms with E-state index >= 15 is 0 Å². The van der Waals surface area contributed by atoms with E-state index in [4.69, 9.17) is 9.47 Å². The number of nitrogens with zero attached hydrogens (tertiary/aromatic N) is 1. The van der Waals surface area contributed by atoms with Crippen molar-refractivity contribution in [3.63, 3.8) is 0 Å². The molecule has 5 nitrogen and oxygen atoms in total. The number of hydrogen-bond donors (Lipinski definition) is 0. The molecule has 0 aromatic heterocycles. The molecule has 1 heterocycles. The topological polar surface area (TPSA) is 55.8 Å². The molecule has 0 saturated heterocycles. The second-order valence-corrected chi connectivity index (χ2v) is 6.37. The van der Waals surface area contributed by atoms with Gasteiger partial charge >= 0.3 is 5.97 Å². The first-order valence-electron chi connectivity index (χ1n) is 9.17. The Bertz CT molecular complexity index is 886. The maximum absolute atomic E-state index is 12.3. The van der Waals surface area contributed by atoms with Gasteiger partial charge in [-0.05, 0) is 29.7 Å². The summed E-state index contributed by atoms with van der Waals surface area (Å²) in [6.45, 7) is 0.884. The monoisotopic (exact) mass is 377 g/mol. The zero-order valence-electron chi connectivity index (χ0n) is 15.8. The molecular formula is C23H23NO4. The number of methoxy groups -OCH3 is 1. The Labute approximate surface area is 164 Å². The average Bonchev–Trinajstić information content (AvgIpc) is 2.77. The molecule has 1 amide bonds. The molecule has 1 aliphatic rings. The second-order valence-electron chi connectivity index (χ2n) is 6.37. The van der Waals surface area contributed by atoms with Crippen LogP contribution in [0.3, 0.4) is 0 Å². The molecule has 2 aromatic rings. The minimum atomic E-state index is -0.559. The lowest BCUT2D eigenvalue weighted by Crippen LogP contribution is -2.37. The van der Waals surface area contributed by atoms with Gasteiger partial charge in [0.25, 0.3) is 5.91 Å². The largest absolute Gasteiger partial charge is 0.496 e. The van der Waals surface area contributed by atoms with E-state index in [0.29, 0.717) is 18.8 Å². The number of rotatable bonds is 6. The molecule has 0 saturated carbocycles. The lowest BCUT2D eigenvalue weighted by atomic mass is 10.00. The van der Waals surface area contributed by atoms with E-state index in [0.717, 1.165) is 12.0 Å².